The predicted molar refractivity (Wildman–Crippen MR) is 172 cm³/mol. The number of aliphatic hydroxyl groups is 1. The zero-order valence-electron chi connectivity index (χ0n) is 26.8. The van der Waals surface area contributed by atoms with Crippen molar-refractivity contribution in [2.24, 2.45) is 0 Å². The first kappa shape index (κ1) is 32.7. The van der Waals surface area contributed by atoms with E-state index in [0.717, 1.165) is 43.4 Å². The molecule has 0 spiro atoms. The van der Waals surface area contributed by atoms with E-state index in [1.54, 1.807) is 42.4 Å². The molecular weight excluding hydrogens is 611 g/mol. The summed E-state index contributed by atoms with van der Waals surface area (Å²) in [6.07, 6.45) is -1.28. The number of benzene rings is 1. The third kappa shape index (κ3) is 7.21. The molecule has 1 aromatic carbocycles. The number of carbonyl (C=O) groups excluding carboxylic acids is 1. The van der Waals surface area contributed by atoms with E-state index in [4.69, 9.17) is 4.74 Å². The topological polar surface area (TPSA) is 110 Å². The maximum Gasteiger partial charge on any atom is 0.416 e. The van der Waals surface area contributed by atoms with Crippen molar-refractivity contribution in [1.29, 1.82) is 0 Å². The van der Waals surface area contributed by atoms with Crippen LogP contribution in [0.4, 0.5) is 23.7 Å². The number of aliphatic hydroxyl groups excluding tert-OH is 1. The number of fused-ring (bicyclic) bond motifs is 2. The number of hydrogen-bond donors (Lipinski definition) is 3. The average Bonchev–Trinajstić information content (AvgIpc) is 3.51. The molecule has 1 saturated heterocycles. The van der Waals surface area contributed by atoms with Gasteiger partial charge in [-0.05, 0) is 61.3 Å². The largest absolute Gasteiger partial charge is 0.455 e. The summed E-state index contributed by atoms with van der Waals surface area (Å²) in [4.78, 5) is 31.5. The number of alkyl halides is 3. The highest BCUT2D eigenvalue weighted by molar-refractivity contribution is 5.89. The molecule has 3 N–H and O–H groups in total. The van der Waals surface area contributed by atoms with Crippen molar-refractivity contribution in [3.05, 3.63) is 76.9 Å². The molecule has 250 valence electrons. The lowest BCUT2D eigenvalue weighted by Gasteiger charge is -2.34. The number of urea groups is 1. The zero-order chi connectivity index (χ0) is 33.3. The number of likely N-dealkylation sites (N-methyl/N-ethyl adjacent to an activating group) is 1. The summed E-state index contributed by atoms with van der Waals surface area (Å²) in [5.41, 5.74) is 2.42. The number of hydrogen-bond acceptors (Lipinski definition) is 7. The molecule has 3 aromatic heterocycles. The fourth-order valence-corrected chi connectivity index (χ4v) is 6.38. The van der Waals surface area contributed by atoms with Crippen LogP contribution in [0.2, 0.25) is 0 Å². The van der Waals surface area contributed by atoms with Crippen LogP contribution < -0.4 is 10.1 Å². The number of anilines is 1. The molecule has 2 unspecified atom stereocenters. The minimum absolute atomic E-state index is 0.0502. The summed E-state index contributed by atoms with van der Waals surface area (Å²) in [7, 11) is 0. The fraction of sp³-hybridized carbons (Fsp3) is 0.441. The van der Waals surface area contributed by atoms with Crippen molar-refractivity contribution < 1.29 is 27.8 Å². The Kier molecular flexibility index (Phi) is 9.40. The summed E-state index contributed by atoms with van der Waals surface area (Å²) in [5.74, 6) is 0.949. The fourth-order valence-electron chi connectivity index (χ4n) is 6.38. The van der Waals surface area contributed by atoms with E-state index in [2.05, 4.69) is 32.1 Å². The van der Waals surface area contributed by atoms with Gasteiger partial charge in [0, 0.05) is 69.3 Å². The number of H-pyrrole nitrogens is 1. The summed E-state index contributed by atoms with van der Waals surface area (Å²) in [5, 5.41) is 13.4. The molecule has 0 saturated carbocycles. The Hall–Kier alpha value is -4.20. The van der Waals surface area contributed by atoms with Crippen LogP contribution in [0.5, 0.6) is 11.5 Å². The van der Waals surface area contributed by atoms with Gasteiger partial charge in [0.05, 0.1) is 28.9 Å². The lowest BCUT2D eigenvalue weighted by atomic mass is 9.92. The number of pyridine rings is 2. The summed E-state index contributed by atoms with van der Waals surface area (Å²) in [6, 6.07) is 8.94. The molecular formula is C34H40F3N7O3. The smallest absolute Gasteiger partial charge is 0.416 e. The molecule has 2 atom stereocenters. The van der Waals surface area contributed by atoms with Gasteiger partial charge in [0.15, 0.2) is 0 Å². The quantitative estimate of drug-likeness (QED) is 0.200. The molecule has 4 aromatic rings. The van der Waals surface area contributed by atoms with Gasteiger partial charge in [-0.2, -0.15) is 13.2 Å². The Morgan fingerprint density at radius 3 is 2.57 bits per heavy atom. The van der Waals surface area contributed by atoms with Gasteiger partial charge >= 0.3 is 12.2 Å². The molecule has 47 heavy (non-hydrogen) atoms. The molecule has 2 amide bonds. The first-order valence-corrected chi connectivity index (χ1v) is 16.1. The highest BCUT2D eigenvalue weighted by Gasteiger charge is 2.35. The zero-order valence-corrected chi connectivity index (χ0v) is 26.8. The first-order chi connectivity index (χ1) is 22.5. The van der Waals surface area contributed by atoms with Crippen molar-refractivity contribution in [2.45, 2.75) is 58.5 Å². The normalized spacial score (nSPS) is 18.3. The van der Waals surface area contributed by atoms with Gasteiger partial charge in [-0.1, -0.05) is 19.9 Å². The molecule has 0 radical (unpaired) electrons. The number of halogens is 3. The van der Waals surface area contributed by atoms with Crippen molar-refractivity contribution in [2.75, 3.05) is 44.6 Å². The second-order valence-electron chi connectivity index (χ2n) is 12.3. The van der Waals surface area contributed by atoms with Gasteiger partial charge in [-0.3, -0.25) is 9.88 Å². The second kappa shape index (κ2) is 13.5. The lowest BCUT2D eigenvalue weighted by molar-refractivity contribution is -0.138. The lowest BCUT2D eigenvalue weighted by Crippen LogP contribution is -2.45. The molecule has 0 bridgehead atoms. The minimum atomic E-state index is -4.56. The summed E-state index contributed by atoms with van der Waals surface area (Å²) in [6.45, 7) is 10.6. The molecule has 5 heterocycles. The van der Waals surface area contributed by atoms with E-state index in [-0.39, 0.29) is 30.3 Å². The van der Waals surface area contributed by atoms with Crippen LogP contribution in [0.15, 0.2) is 48.8 Å². The van der Waals surface area contributed by atoms with Crippen LogP contribution in [0.1, 0.15) is 67.3 Å². The number of aromatic nitrogens is 3. The standard InChI is InChI=1S/C34H40F3N7O3/c1-4-22-19-44(20-24-14-26(17-39-31(22)24)47-30-8-9-38-32-27(30)16-29(41-32)21(3)45)33(46)40-25-7-6-23(28(15-25)34(35,36)37)18-43-12-10-42(5-2)11-13-43/h6-9,14-17,21-22,45H,4-5,10-13,18-20H2,1-3H3,(H,38,41)(H,40,46). The van der Waals surface area contributed by atoms with Crippen molar-refractivity contribution in [1.82, 2.24) is 29.7 Å². The number of nitrogens with one attached hydrogen (secondary N) is 2. The maximum atomic E-state index is 14.2. The summed E-state index contributed by atoms with van der Waals surface area (Å²) < 4.78 is 48.8. The second-order valence-corrected chi connectivity index (χ2v) is 12.3. The minimum Gasteiger partial charge on any atom is -0.455 e. The third-order valence-electron chi connectivity index (χ3n) is 9.11. The third-order valence-corrected chi connectivity index (χ3v) is 9.11. The monoisotopic (exact) mass is 651 g/mol. The van der Waals surface area contributed by atoms with E-state index in [1.165, 1.54) is 6.07 Å². The maximum absolute atomic E-state index is 14.2. The van der Waals surface area contributed by atoms with Crippen LogP contribution in [-0.2, 0) is 19.3 Å². The van der Waals surface area contributed by atoms with Crippen LogP contribution in [0.25, 0.3) is 11.0 Å². The van der Waals surface area contributed by atoms with Crippen LogP contribution in [-0.4, -0.2) is 80.1 Å². The number of rotatable bonds is 8. The average molecular weight is 652 g/mol. The SMILES string of the molecule is CCC1CN(C(=O)Nc2ccc(CN3CCN(CC)CC3)c(C(F)(F)F)c2)Cc2cc(Oc3ccnc4[nH]c(C(C)O)cc34)cnc21. The summed E-state index contributed by atoms with van der Waals surface area (Å²) >= 11 is 0. The number of amides is 2. The Balaban J connectivity index is 1.18. The molecule has 1 fully saturated rings. The van der Waals surface area contributed by atoms with E-state index in [0.29, 0.717) is 47.9 Å². The predicted octanol–water partition coefficient (Wildman–Crippen LogP) is 6.50. The van der Waals surface area contributed by atoms with E-state index >= 15 is 0 Å². The first-order valence-electron chi connectivity index (χ1n) is 16.1. The van der Waals surface area contributed by atoms with Crippen molar-refractivity contribution in [3.8, 4) is 11.5 Å². The van der Waals surface area contributed by atoms with Crippen molar-refractivity contribution in [3.63, 3.8) is 0 Å². The molecule has 0 aliphatic carbocycles. The van der Waals surface area contributed by atoms with Gasteiger partial charge < -0.3 is 29.9 Å². The van der Waals surface area contributed by atoms with Crippen LogP contribution in [0.3, 0.4) is 0 Å². The van der Waals surface area contributed by atoms with Crippen LogP contribution >= 0.6 is 0 Å². The number of ether oxygens (including phenoxy) is 1. The van der Waals surface area contributed by atoms with E-state index in [1.807, 2.05) is 17.9 Å². The Morgan fingerprint density at radius 1 is 1.11 bits per heavy atom. The van der Waals surface area contributed by atoms with E-state index in [9.17, 15) is 23.1 Å². The molecule has 2 aliphatic rings. The number of aromatic amines is 1. The van der Waals surface area contributed by atoms with Crippen molar-refractivity contribution >= 4 is 22.8 Å². The van der Waals surface area contributed by atoms with Gasteiger partial charge in [-0.15, -0.1) is 0 Å². The van der Waals surface area contributed by atoms with Crippen LogP contribution in [0, 0.1) is 0 Å². The number of piperazine rings is 1. The van der Waals surface area contributed by atoms with Gasteiger partial charge in [0.25, 0.3) is 0 Å². The number of carbonyl (C=O) groups is 1. The highest BCUT2D eigenvalue weighted by atomic mass is 19.4. The molecule has 13 heteroatoms. The molecule has 2 aliphatic heterocycles. The number of nitrogens with zero attached hydrogens (tertiary/aromatic N) is 5. The molecule has 10 nitrogen and oxygen atoms in total. The van der Waals surface area contributed by atoms with Gasteiger partial charge in [0.1, 0.15) is 17.1 Å². The Bertz CT molecular complexity index is 1730. The Labute approximate surface area is 271 Å². The van der Waals surface area contributed by atoms with E-state index < -0.39 is 23.9 Å². The highest BCUT2D eigenvalue weighted by Crippen LogP contribution is 2.37. The molecule has 6 rings (SSSR count). The van der Waals surface area contributed by atoms with Gasteiger partial charge in [0.2, 0.25) is 0 Å². The van der Waals surface area contributed by atoms with Gasteiger partial charge in [-0.25, -0.2) is 9.78 Å². The Morgan fingerprint density at radius 2 is 1.87 bits per heavy atom.